The van der Waals surface area contributed by atoms with Crippen molar-refractivity contribution in [3.63, 3.8) is 0 Å². The predicted octanol–water partition coefficient (Wildman–Crippen LogP) is 2.44. The smallest absolute Gasteiger partial charge is 0.222 e. The summed E-state index contributed by atoms with van der Waals surface area (Å²) in [7, 11) is 0. The van der Waals surface area contributed by atoms with E-state index in [1.54, 1.807) is 4.90 Å². The predicted molar refractivity (Wildman–Crippen MR) is 70.3 cm³/mol. The van der Waals surface area contributed by atoms with Gasteiger partial charge in [0.05, 0.1) is 0 Å². The lowest BCUT2D eigenvalue weighted by Crippen LogP contribution is -2.31. The maximum absolute atomic E-state index is 13.1. The van der Waals surface area contributed by atoms with Gasteiger partial charge in [-0.25, -0.2) is 8.78 Å². The first-order valence-corrected chi connectivity index (χ1v) is 6.41. The van der Waals surface area contributed by atoms with Crippen LogP contribution in [0, 0.1) is 11.6 Å². The average Bonchev–Trinajstić information content (AvgIpc) is 2.37. The molecule has 0 aromatic heterocycles. The molecule has 3 nitrogen and oxygen atoms in total. The highest BCUT2D eigenvalue weighted by Gasteiger charge is 2.13. The molecule has 0 radical (unpaired) electrons. The third-order valence-electron chi connectivity index (χ3n) is 2.91. The van der Waals surface area contributed by atoms with Crippen molar-refractivity contribution in [2.24, 2.45) is 5.73 Å². The van der Waals surface area contributed by atoms with Crippen LogP contribution >= 0.6 is 0 Å². The molecule has 0 heterocycles. The molecule has 1 aromatic rings. The minimum Gasteiger partial charge on any atom is -0.339 e. The van der Waals surface area contributed by atoms with Gasteiger partial charge in [0.15, 0.2) is 11.6 Å². The highest BCUT2D eigenvalue weighted by atomic mass is 19.2. The largest absolute Gasteiger partial charge is 0.339 e. The fourth-order valence-electron chi connectivity index (χ4n) is 1.74. The van der Waals surface area contributed by atoms with Crippen molar-refractivity contribution in [2.45, 2.75) is 39.3 Å². The van der Waals surface area contributed by atoms with Crippen molar-refractivity contribution < 1.29 is 13.6 Å². The van der Waals surface area contributed by atoms with E-state index in [1.807, 2.05) is 13.8 Å². The Morgan fingerprint density at radius 1 is 1.37 bits per heavy atom. The summed E-state index contributed by atoms with van der Waals surface area (Å²) in [5.41, 5.74) is 6.19. The van der Waals surface area contributed by atoms with E-state index in [0.717, 1.165) is 12.1 Å². The van der Waals surface area contributed by atoms with Crippen molar-refractivity contribution in [1.82, 2.24) is 4.90 Å². The second kappa shape index (κ2) is 7.19. The molecule has 106 valence electrons. The first kappa shape index (κ1) is 15.6. The Labute approximate surface area is 112 Å². The van der Waals surface area contributed by atoms with Gasteiger partial charge in [0, 0.05) is 25.6 Å². The van der Waals surface area contributed by atoms with Crippen molar-refractivity contribution in [3.05, 3.63) is 35.4 Å². The second-order valence-electron chi connectivity index (χ2n) is 4.67. The fourth-order valence-corrected chi connectivity index (χ4v) is 1.74. The third-order valence-corrected chi connectivity index (χ3v) is 2.91. The molecular formula is C14H20F2N2O. The van der Waals surface area contributed by atoms with Crippen LogP contribution < -0.4 is 5.73 Å². The minimum atomic E-state index is -0.892. The topological polar surface area (TPSA) is 46.3 Å². The molecule has 0 aliphatic heterocycles. The zero-order chi connectivity index (χ0) is 14.4. The molecule has 1 aromatic carbocycles. The lowest BCUT2D eigenvalue weighted by molar-refractivity contribution is -0.131. The van der Waals surface area contributed by atoms with E-state index in [0.29, 0.717) is 24.9 Å². The summed E-state index contributed by atoms with van der Waals surface area (Å²) in [6, 6.07) is 3.66. The Hall–Kier alpha value is -1.49. The van der Waals surface area contributed by atoms with Crippen LogP contribution in [0.2, 0.25) is 0 Å². The van der Waals surface area contributed by atoms with Crippen molar-refractivity contribution in [2.75, 3.05) is 6.54 Å². The van der Waals surface area contributed by atoms with Crippen LogP contribution in [0.25, 0.3) is 0 Å². The fraction of sp³-hybridized carbons (Fsp3) is 0.500. The summed E-state index contributed by atoms with van der Waals surface area (Å²) in [4.78, 5) is 13.5. The van der Waals surface area contributed by atoms with Crippen LogP contribution in [0.15, 0.2) is 18.2 Å². The van der Waals surface area contributed by atoms with Gasteiger partial charge < -0.3 is 10.6 Å². The maximum atomic E-state index is 13.1. The SMILES string of the molecule is CCN(Cc1ccc(F)c(F)c1)C(=O)CCC(C)N. The molecule has 0 saturated carbocycles. The summed E-state index contributed by atoms with van der Waals surface area (Å²) in [6.07, 6.45) is 0.988. The van der Waals surface area contributed by atoms with Crippen LogP contribution in [0.3, 0.4) is 0 Å². The van der Waals surface area contributed by atoms with E-state index in [-0.39, 0.29) is 18.5 Å². The van der Waals surface area contributed by atoms with Crippen LogP contribution in [0.1, 0.15) is 32.3 Å². The Kier molecular flexibility index (Phi) is 5.89. The molecule has 1 rings (SSSR count). The molecule has 0 aliphatic carbocycles. The minimum absolute atomic E-state index is 0.0223. The van der Waals surface area contributed by atoms with Gasteiger partial charge in [-0.3, -0.25) is 4.79 Å². The second-order valence-corrected chi connectivity index (χ2v) is 4.67. The summed E-state index contributed by atoms with van der Waals surface area (Å²) >= 11 is 0. The standard InChI is InChI=1S/C14H20F2N2O/c1-3-18(14(19)7-4-10(2)17)9-11-5-6-12(15)13(16)8-11/h5-6,8,10H,3-4,7,9,17H2,1-2H3. The summed E-state index contributed by atoms with van der Waals surface area (Å²) < 4.78 is 25.9. The number of hydrogen-bond donors (Lipinski definition) is 1. The van der Waals surface area contributed by atoms with E-state index in [2.05, 4.69) is 0 Å². The summed E-state index contributed by atoms with van der Waals surface area (Å²) in [5.74, 6) is -1.80. The summed E-state index contributed by atoms with van der Waals surface area (Å²) in [5, 5.41) is 0. The van der Waals surface area contributed by atoms with Crippen LogP contribution in [0.4, 0.5) is 8.78 Å². The van der Waals surface area contributed by atoms with Gasteiger partial charge in [0.2, 0.25) is 5.91 Å². The summed E-state index contributed by atoms with van der Waals surface area (Å²) in [6.45, 7) is 4.50. The van der Waals surface area contributed by atoms with E-state index < -0.39 is 11.6 Å². The third kappa shape index (κ3) is 4.95. The molecule has 0 saturated heterocycles. The number of halogens is 2. The molecule has 1 unspecified atom stereocenters. The van der Waals surface area contributed by atoms with Gasteiger partial charge in [0.25, 0.3) is 0 Å². The van der Waals surface area contributed by atoms with Gasteiger partial charge >= 0.3 is 0 Å². The Balaban J connectivity index is 2.65. The number of nitrogens with zero attached hydrogens (tertiary/aromatic N) is 1. The van der Waals surface area contributed by atoms with Crippen LogP contribution in [0.5, 0.6) is 0 Å². The number of amides is 1. The first-order chi connectivity index (χ1) is 8.93. The van der Waals surface area contributed by atoms with Crippen molar-refractivity contribution >= 4 is 5.91 Å². The number of carbonyl (C=O) groups is 1. The van der Waals surface area contributed by atoms with Crippen molar-refractivity contribution in [3.8, 4) is 0 Å². The van der Waals surface area contributed by atoms with E-state index in [4.69, 9.17) is 5.73 Å². The van der Waals surface area contributed by atoms with Crippen LogP contribution in [-0.2, 0) is 11.3 Å². The molecular weight excluding hydrogens is 250 g/mol. The van der Waals surface area contributed by atoms with E-state index >= 15 is 0 Å². The van der Waals surface area contributed by atoms with Crippen LogP contribution in [-0.4, -0.2) is 23.4 Å². The van der Waals surface area contributed by atoms with E-state index in [1.165, 1.54) is 6.07 Å². The molecule has 1 amide bonds. The number of benzene rings is 1. The van der Waals surface area contributed by atoms with Gasteiger partial charge in [-0.15, -0.1) is 0 Å². The molecule has 19 heavy (non-hydrogen) atoms. The zero-order valence-electron chi connectivity index (χ0n) is 11.3. The normalized spacial score (nSPS) is 12.3. The van der Waals surface area contributed by atoms with Gasteiger partial charge in [0.1, 0.15) is 0 Å². The number of nitrogens with two attached hydrogens (primary N) is 1. The lowest BCUT2D eigenvalue weighted by atomic mass is 10.1. The molecule has 5 heteroatoms. The van der Waals surface area contributed by atoms with Gasteiger partial charge in [-0.2, -0.15) is 0 Å². The molecule has 0 bridgehead atoms. The number of rotatable bonds is 6. The molecule has 0 spiro atoms. The molecule has 0 fully saturated rings. The lowest BCUT2D eigenvalue weighted by Gasteiger charge is -2.21. The molecule has 2 N–H and O–H groups in total. The molecule has 0 aliphatic rings. The van der Waals surface area contributed by atoms with E-state index in [9.17, 15) is 13.6 Å². The van der Waals surface area contributed by atoms with Gasteiger partial charge in [-0.05, 0) is 38.0 Å². The van der Waals surface area contributed by atoms with Crippen molar-refractivity contribution in [1.29, 1.82) is 0 Å². The average molecular weight is 270 g/mol. The van der Waals surface area contributed by atoms with Gasteiger partial charge in [-0.1, -0.05) is 6.07 Å². The Morgan fingerprint density at radius 3 is 2.58 bits per heavy atom. The number of carbonyl (C=O) groups excluding carboxylic acids is 1. The molecule has 1 atom stereocenters. The monoisotopic (exact) mass is 270 g/mol. The highest BCUT2D eigenvalue weighted by molar-refractivity contribution is 5.76. The maximum Gasteiger partial charge on any atom is 0.222 e. The highest BCUT2D eigenvalue weighted by Crippen LogP contribution is 2.12. The zero-order valence-corrected chi connectivity index (χ0v) is 11.3. The Bertz CT molecular complexity index is 435. The quantitative estimate of drug-likeness (QED) is 0.863. The number of hydrogen-bond acceptors (Lipinski definition) is 2. The Morgan fingerprint density at radius 2 is 2.05 bits per heavy atom. The first-order valence-electron chi connectivity index (χ1n) is 6.41.